The summed E-state index contributed by atoms with van der Waals surface area (Å²) in [5.74, 6) is -2.40. The lowest BCUT2D eigenvalue weighted by atomic mass is 10.2. The number of carbonyl (C=O) groups is 2. The third-order valence-electron chi connectivity index (χ3n) is 1.73. The van der Waals surface area contributed by atoms with Crippen LogP contribution in [0.1, 0.15) is 47.5 Å². The Bertz CT molecular complexity index is 332. The first-order valence-electron chi connectivity index (χ1n) is 4.95. The molecule has 0 bridgehead atoms. The van der Waals surface area contributed by atoms with Gasteiger partial charge in [0, 0.05) is 6.20 Å². The van der Waals surface area contributed by atoms with Crippen molar-refractivity contribution < 1.29 is 19.8 Å². The number of pyridine rings is 1. The number of rotatable bonds is 3. The van der Waals surface area contributed by atoms with Crippen LogP contribution in [0.2, 0.25) is 0 Å². The highest BCUT2D eigenvalue weighted by molar-refractivity contribution is 5.92. The maximum atomic E-state index is 10.4. The van der Waals surface area contributed by atoms with Crippen molar-refractivity contribution in [3.8, 4) is 0 Å². The number of carboxylic acid groups (broad SMARTS) is 2. The van der Waals surface area contributed by atoms with Gasteiger partial charge in [-0.25, -0.2) is 14.6 Å². The molecule has 2 N–H and O–H groups in total. The van der Waals surface area contributed by atoms with Gasteiger partial charge in [-0.05, 0) is 12.1 Å². The van der Waals surface area contributed by atoms with E-state index in [9.17, 15) is 9.59 Å². The molecule has 0 aromatic carbocycles. The summed E-state index contributed by atoms with van der Waals surface area (Å²) in [4.78, 5) is 24.1. The number of unbranched alkanes of at least 4 members (excludes halogenated alkanes) is 1. The molecule has 0 aliphatic rings. The number of nitrogens with zero attached hydrogens (tertiary/aromatic N) is 1. The second-order valence-corrected chi connectivity index (χ2v) is 3.04. The number of aromatic carboxylic acids is 2. The molecular formula is C11H15NO4. The summed E-state index contributed by atoms with van der Waals surface area (Å²) in [7, 11) is 0. The number of carboxylic acids is 2. The number of hydrogen-bond acceptors (Lipinski definition) is 3. The van der Waals surface area contributed by atoms with Crippen LogP contribution in [0.4, 0.5) is 0 Å². The molecular weight excluding hydrogens is 210 g/mol. The molecule has 0 amide bonds. The highest BCUT2D eigenvalue weighted by Gasteiger charge is 2.08. The predicted molar refractivity (Wildman–Crippen MR) is 58.7 cm³/mol. The van der Waals surface area contributed by atoms with Crippen LogP contribution in [-0.2, 0) is 0 Å². The van der Waals surface area contributed by atoms with Crippen molar-refractivity contribution >= 4 is 11.9 Å². The van der Waals surface area contributed by atoms with Gasteiger partial charge in [0.1, 0.15) is 5.69 Å². The lowest BCUT2D eigenvalue weighted by Gasteiger charge is -1.94. The summed E-state index contributed by atoms with van der Waals surface area (Å²) in [6.45, 7) is 4.36. The first-order chi connectivity index (χ1) is 7.52. The minimum atomic E-state index is -1.24. The summed E-state index contributed by atoms with van der Waals surface area (Å²) < 4.78 is 0. The van der Waals surface area contributed by atoms with Crippen LogP contribution in [0.15, 0.2) is 18.3 Å². The Balaban J connectivity index is 0.000000487. The van der Waals surface area contributed by atoms with Crippen molar-refractivity contribution in [1.29, 1.82) is 0 Å². The molecule has 1 heterocycles. The van der Waals surface area contributed by atoms with E-state index in [-0.39, 0.29) is 11.3 Å². The van der Waals surface area contributed by atoms with E-state index in [4.69, 9.17) is 10.2 Å². The zero-order chi connectivity index (χ0) is 12.6. The second kappa shape index (κ2) is 7.39. The summed E-state index contributed by atoms with van der Waals surface area (Å²) in [6, 6.07) is 2.24. The zero-order valence-electron chi connectivity index (χ0n) is 9.30. The molecule has 0 aliphatic heterocycles. The maximum absolute atomic E-state index is 10.4. The monoisotopic (exact) mass is 225 g/mol. The number of hydrogen-bond donors (Lipinski definition) is 2. The van der Waals surface area contributed by atoms with E-state index in [1.807, 2.05) is 0 Å². The highest BCUT2D eigenvalue weighted by atomic mass is 16.4. The van der Waals surface area contributed by atoms with Crippen molar-refractivity contribution in [1.82, 2.24) is 4.98 Å². The molecule has 5 nitrogen and oxygen atoms in total. The molecule has 0 spiro atoms. The molecule has 1 rings (SSSR count). The molecule has 0 unspecified atom stereocenters. The second-order valence-electron chi connectivity index (χ2n) is 3.04. The minimum Gasteiger partial charge on any atom is -0.478 e. The Morgan fingerprint density at radius 1 is 1.19 bits per heavy atom. The first-order valence-corrected chi connectivity index (χ1v) is 4.95. The summed E-state index contributed by atoms with van der Waals surface area (Å²) in [6.07, 6.45) is 3.78. The van der Waals surface area contributed by atoms with E-state index >= 15 is 0 Å². The first kappa shape index (κ1) is 14.1. The molecule has 88 valence electrons. The van der Waals surface area contributed by atoms with Gasteiger partial charge < -0.3 is 10.2 Å². The fourth-order valence-corrected chi connectivity index (χ4v) is 0.681. The van der Waals surface area contributed by atoms with E-state index in [1.54, 1.807) is 0 Å². The molecule has 1 aromatic heterocycles. The largest absolute Gasteiger partial charge is 0.478 e. The van der Waals surface area contributed by atoms with Gasteiger partial charge in [-0.2, -0.15) is 0 Å². The summed E-state index contributed by atoms with van der Waals surface area (Å²) in [5, 5.41) is 16.9. The molecule has 16 heavy (non-hydrogen) atoms. The molecule has 0 atom stereocenters. The molecule has 5 heteroatoms. The Morgan fingerprint density at radius 2 is 1.75 bits per heavy atom. The van der Waals surface area contributed by atoms with Gasteiger partial charge in [0.25, 0.3) is 0 Å². The average molecular weight is 225 g/mol. The standard InChI is InChI=1S/C7H5NO4.C4H10/c9-6(10)4-1-2-8-5(3-4)7(11)12;1-3-4-2/h1-3H,(H,9,10)(H,11,12);3-4H2,1-2H3. The van der Waals surface area contributed by atoms with E-state index in [0.29, 0.717) is 0 Å². The van der Waals surface area contributed by atoms with E-state index < -0.39 is 11.9 Å². The third kappa shape index (κ3) is 5.09. The molecule has 0 fully saturated rings. The van der Waals surface area contributed by atoms with Crippen LogP contribution in [-0.4, -0.2) is 27.1 Å². The van der Waals surface area contributed by atoms with Crippen LogP contribution in [0.25, 0.3) is 0 Å². The minimum absolute atomic E-state index is 0.0811. The van der Waals surface area contributed by atoms with Crippen LogP contribution in [0.3, 0.4) is 0 Å². The van der Waals surface area contributed by atoms with Gasteiger partial charge in [0.15, 0.2) is 0 Å². The van der Waals surface area contributed by atoms with Gasteiger partial charge in [-0.15, -0.1) is 0 Å². The van der Waals surface area contributed by atoms with E-state index in [2.05, 4.69) is 18.8 Å². The van der Waals surface area contributed by atoms with E-state index in [0.717, 1.165) is 12.3 Å². The summed E-state index contributed by atoms with van der Waals surface area (Å²) >= 11 is 0. The molecule has 0 aliphatic carbocycles. The maximum Gasteiger partial charge on any atom is 0.354 e. The van der Waals surface area contributed by atoms with Crippen LogP contribution >= 0.6 is 0 Å². The van der Waals surface area contributed by atoms with Crippen molar-refractivity contribution in [2.75, 3.05) is 0 Å². The average Bonchev–Trinajstić information content (AvgIpc) is 2.29. The Kier molecular flexibility index (Phi) is 6.51. The molecule has 0 radical (unpaired) electrons. The SMILES string of the molecule is CCCC.O=C(O)c1ccnc(C(=O)O)c1. The van der Waals surface area contributed by atoms with E-state index in [1.165, 1.54) is 18.9 Å². The van der Waals surface area contributed by atoms with Crippen LogP contribution in [0.5, 0.6) is 0 Å². The zero-order valence-corrected chi connectivity index (χ0v) is 9.30. The Hall–Kier alpha value is -1.91. The topological polar surface area (TPSA) is 87.5 Å². The molecule has 0 saturated heterocycles. The van der Waals surface area contributed by atoms with Gasteiger partial charge in [0.05, 0.1) is 5.56 Å². The lowest BCUT2D eigenvalue weighted by molar-refractivity contribution is 0.0690. The summed E-state index contributed by atoms with van der Waals surface area (Å²) in [5.41, 5.74) is -0.350. The van der Waals surface area contributed by atoms with Gasteiger partial charge in [-0.1, -0.05) is 26.7 Å². The van der Waals surface area contributed by atoms with Crippen molar-refractivity contribution in [2.24, 2.45) is 0 Å². The number of aromatic nitrogens is 1. The van der Waals surface area contributed by atoms with Gasteiger partial charge in [0.2, 0.25) is 0 Å². The predicted octanol–water partition coefficient (Wildman–Crippen LogP) is 2.28. The normalized spacial score (nSPS) is 8.88. The highest BCUT2D eigenvalue weighted by Crippen LogP contribution is 2.01. The van der Waals surface area contributed by atoms with Crippen LogP contribution < -0.4 is 0 Å². The smallest absolute Gasteiger partial charge is 0.354 e. The fraction of sp³-hybridized carbons (Fsp3) is 0.364. The Labute approximate surface area is 93.8 Å². The Morgan fingerprint density at radius 3 is 2.12 bits per heavy atom. The van der Waals surface area contributed by atoms with Gasteiger partial charge >= 0.3 is 11.9 Å². The lowest BCUT2D eigenvalue weighted by Crippen LogP contribution is -2.03. The molecule has 0 saturated carbocycles. The van der Waals surface area contributed by atoms with Gasteiger partial charge in [-0.3, -0.25) is 0 Å². The fourth-order valence-electron chi connectivity index (χ4n) is 0.681. The quantitative estimate of drug-likeness (QED) is 0.823. The van der Waals surface area contributed by atoms with Crippen LogP contribution in [0, 0.1) is 0 Å². The third-order valence-corrected chi connectivity index (χ3v) is 1.73. The van der Waals surface area contributed by atoms with Crippen molar-refractivity contribution in [3.05, 3.63) is 29.6 Å². The van der Waals surface area contributed by atoms with Crippen molar-refractivity contribution in [3.63, 3.8) is 0 Å². The molecule has 1 aromatic rings. The van der Waals surface area contributed by atoms with Crippen molar-refractivity contribution in [2.45, 2.75) is 26.7 Å².